The number of carbonyl (C=O) groups excluding carboxylic acids is 3. The molecule has 3 heterocycles. The van der Waals surface area contributed by atoms with Gasteiger partial charge in [-0.05, 0) is 42.3 Å². The third-order valence-electron chi connectivity index (χ3n) is 5.30. The number of thioether (sulfide) groups is 1. The van der Waals surface area contributed by atoms with Crippen LogP contribution in [-0.4, -0.2) is 69.4 Å². The predicted molar refractivity (Wildman–Crippen MR) is 107 cm³/mol. The van der Waals surface area contributed by atoms with Gasteiger partial charge in [0.05, 0.1) is 7.11 Å². The molecule has 4 rings (SSSR count). The number of nitrogens with two attached hydrogens (primary N) is 1. The quantitative estimate of drug-likeness (QED) is 0.404. The van der Waals surface area contributed by atoms with Crippen molar-refractivity contribution >= 4 is 35.5 Å². The van der Waals surface area contributed by atoms with Crippen LogP contribution >= 0.6 is 11.8 Å². The number of imide groups is 1. The summed E-state index contributed by atoms with van der Waals surface area (Å²) in [6.45, 7) is 0.203. The van der Waals surface area contributed by atoms with Crippen LogP contribution in [0.15, 0.2) is 47.2 Å². The minimum absolute atomic E-state index is 0.148. The van der Waals surface area contributed by atoms with Crippen molar-refractivity contribution in [3.8, 4) is 5.75 Å². The van der Waals surface area contributed by atoms with Gasteiger partial charge in [0.1, 0.15) is 22.9 Å². The van der Waals surface area contributed by atoms with Crippen LogP contribution < -0.4 is 10.5 Å². The third-order valence-corrected chi connectivity index (χ3v) is 6.62. The molecule has 3 aliphatic heterocycles. The molecule has 0 spiro atoms. The molecule has 3 N–H and O–H groups in total. The highest BCUT2D eigenvalue weighted by Gasteiger charge is 2.51. The third kappa shape index (κ3) is 3.17. The van der Waals surface area contributed by atoms with Crippen LogP contribution in [-0.2, 0) is 14.4 Å². The minimum atomic E-state index is -1.25. The molecular formula is C20H19N3O6S. The van der Waals surface area contributed by atoms with Crippen LogP contribution in [0.2, 0.25) is 0 Å². The van der Waals surface area contributed by atoms with Gasteiger partial charge < -0.3 is 15.6 Å². The first-order chi connectivity index (χ1) is 14.3. The molecule has 0 radical (unpaired) electrons. The van der Waals surface area contributed by atoms with Gasteiger partial charge in [-0.1, -0.05) is 0 Å². The Morgan fingerprint density at radius 2 is 1.97 bits per heavy atom. The van der Waals surface area contributed by atoms with Gasteiger partial charge in [-0.25, -0.2) is 4.79 Å². The zero-order chi connectivity index (χ0) is 21.6. The second-order valence-electron chi connectivity index (χ2n) is 7.02. The molecule has 2 atom stereocenters. The Morgan fingerprint density at radius 3 is 2.60 bits per heavy atom. The lowest BCUT2D eigenvalue weighted by atomic mass is 10.0. The fourth-order valence-electron chi connectivity index (χ4n) is 3.69. The smallest absolute Gasteiger partial charge is 0.352 e. The van der Waals surface area contributed by atoms with Gasteiger partial charge >= 0.3 is 5.97 Å². The van der Waals surface area contributed by atoms with E-state index in [4.69, 9.17) is 10.5 Å². The van der Waals surface area contributed by atoms with Gasteiger partial charge in [-0.3, -0.25) is 24.2 Å². The normalized spacial score (nSPS) is 24.8. The maximum absolute atomic E-state index is 12.8. The lowest BCUT2D eigenvalue weighted by molar-refractivity contribution is -0.147. The second kappa shape index (κ2) is 7.62. The summed E-state index contributed by atoms with van der Waals surface area (Å²) in [4.78, 5) is 51.6. The SMILES string of the molecule is COc1ccc(C(=O)N2CCC(=CC3=C(C(=O)O)N4C(=O)[C@@H](N)[C@H]4SC3)C2=O)cc1. The number of hydrogen-bond donors (Lipinski definition) is 2. The highest BCUT2D eigenvalue weighted by molar-refractivity contribution is 8.00. The van der Waals surface area contributed by atoms with Gasteiger partial charge in [-0.15, -0.1) is 11.8 Å². The summed E-state index contributed by atoms with van der Waals surface area (Å²) in [6.07, 6.45) is 1.80. The lowest BCUT2D eigenvalue weighted by Gasteiger charge is -2.47. The van der Waals surface area contributed by atoms with Crippen LogP contribution in [0.25, 0.3) is 0 Å². The Bertz CT molecular complexity index is 1020. The van der Waals surface area contributed by atoms with E-state index in [0.29, 0.717) is 34.6 Å². The van der Waals surface area contributed by atoms with Crippen molar-refractivity contribution in [2.75, 3.05) is 19.4 Å². The first kappa shape index (κ1) is 20.2. The molecule has 3 aliphatic rings. The molecule has 0 unspecified atom stereocenters. The zero-order valence-corrected chi connectivity index (χ0v) is 16.8. The number of allylic oxidation sites excluding steroid dienone is 1. The Labute approximate surface area is 176 Å². The number of carbonyl (C=O) groups is 4. The summed E-state index contributed by atoms with van der Waals surface area (Å²) in [5.41, 5.74) is 6.65. The largest absolute Gasteiger partial charge is 0.497 e. The maximum Gasteiger partial charge on any atom is 0.352 e. The van der Waals surface area contributed by atoms with E-state index in [0.717, 1.165) is 4.90 Å². The number of carboxylic acid groups (broad SMARTS) is 1. The van der Waals surface area contributed by atoms with Crippen LogP contribution in [0.4, 0.5) is 0 Å². The molecule has 2 saturated heterocycles. The first-order valence-electron chi connectivity index (χ1n) is 9.21. The van der Waals surface area contributed by atoms with E-state index in [2.05, 4.69) is 0 Å². The van der Waals surface area contributed by atoms with E-state index >= 15 is 0 Å². The molecule has 0 aromatic heterocycles. The fourth-order valence-corrected chi connectivity index (χ4v) is 4.94. The lowest BCUT2D eigenvalue weighted by Crippen LogP contribution is -2.68. The molecular weight excluding hydrogens is 410 g/mol. The topological polar surface area (TPSA) is 130 Å². The number of methoxy groups -OCH3 is 1. The number of β-lactam (4-membered cyclic amide) rings is 1. The molecule has 0 saturated carbocycles. The number of amides is 3. The molecule has 3 amide bonds. The monoisotopic (exact) mass is 429 g/mol. The fraction of sp³-hybridized carbons (Fsp3) is 0.300. The number of aliphatic carboxylic acids is 1. The Kier molecular flexibility index (Phi) is 5.12. The minimum Gasteiger partial charge on any atom is -0.497 e. The van der Waals surface area contributed by atoms with E-state index in [9.17, 15) is 24.3 Å². The molecule has 0 bridgehead atoms. The van der Waals surface area contributed by atoms with Crippen molar-refractivity contribution in [1.82, 2.24) is 9.80 Å². The van der Waals surface area contributed by atoms with Crippen LogP contribution in [0.1, 0.15) is 16.8 Å². The number of ether oxygens (including phenoxy) is 1. The van der Waals surface area contributed by atoms with E-state index in [1.807, 2.05) is 0 Å². The number of nitrogens with zero attached hydrogens (tertiary/aromatic N) is 2. The van der Waals surface area contributed by atoms with E-state index < -0.39 is 35.1 Å². The highest BCUT2D eigenvalue weighted by atomic mass is 32.2. The second-order valence-corrected chi connectivity index (χ2v) is 8.13. The summed E-state index contributed by atoms with van der Waals surface area (Å²) in [5.74, 6) is -1.68. The van der Waals surface area contributed by atoms with Crippen LogP contribution in [0.3, 0.4) is 0 Å². The summed E-state index contributed by atoms with van der Waals surface area (Å²) in [6, 6.07) is 5.72. The summed E-state index contributed by atoms with van der Waals surface area (Å²) in [7, 11) is 1.52. The molecule has 2 fully saturated rings. The Morgan fingerprint density at radius 1 is 1.27 bits per heavy atom. The number of benzene rings is 1. The number of hydrogen-bond acceptors (Lipinski definition) is 7. The van der Waals surface area contributed by atoms with Gasteiger partial charge in [0.25, 0.3) is 11.8 Å². The van der Waals surface area contributed by atoms with Crippen molar-refractivity contribution in [1.29, 1.82) is 0 Å². The average molecular weight is 429 g/mol. The average Bonchev–Trinajstić information content (AvgIpc) is 3.12. The molecule has 1 aromatic rings. The Hall–Kier alpha value is -3.11. The van der Waals surface area contributed by atoms with E-state index in [1.54, 1.807) is 24.3 Å². The standard InChI is InChI=1S/C20H19N3O6S/c1-29-13-4-2-10(3-5-13)16(24)22-7-6-11(17(22)25)8-12-9-30-19-14(21)18(26)23(19)15(12)20(27)28/h2-5,8,14,19H,6-7,9,21H2,1H3,(H,27,28)/t14-,19-/m1/s1. The van der Waals surface area contributed by atoms with Crippen LogP contribution in [0.5, 0.6) is 5.75 Å². The van der Waals surface area contributed by atoms with Gasteiger partial charge in [0.2, 0.25) is 5.91 Å². The summed E-state index contributed by atoms with van der Waals surface area (Å²) < 4.78 is 5.07. The molecule has 30 heavy (non-hydrogen) atoms. The zero-order valence-electron chi connectivity index (χ0n) is 16.0. The molecule has 156 valence electrons. The predicted octanol–water partition coefficient (Wildman–Crippen LogP) is 0.575. The highest BCUT2D eigenvalue weighted by Crippen LogP contribution is 2.40. The first-order valence-corrected chi connectivity index (χ1v) is 10.3. The van der Waals surface area contributed by atoms with Crippen LogP contribution in [0, 0.1) is 0 Å². The van der Waals surface area contributed by atoms with Gasteiger partial charge in [0.15, 0.2) is 0 Å². The van der Waals surface area contributed by atoms with Crippen molar-refractivity contribution in [2.24, 2.45) is 5.73 Å². The van der Waals surface area contributed by atoms with Crippen molar-refractivity contribution in [3.63, 3.8) is 0 Å². The molecule has 0 aliphatic carbocycles. The molecule has 1 aromatic carbocycles. The number of fused-ring (bicyclic) bond motifs is 1. The molecule has 9 nitrogen and oxygen atoms in total. The van der Waals surface area contributed by atoms with E-state index in [-0.39, 0.29) is 12.2 Å². The number of carboxylic acids is 1. The molecule has 10 heteroatoms. The van der Waals surface area contributed by atoms with Crippen molar-refractivity contribution in [2.45, 2.75) is 17.8 Å². The Balaban J connectivity index is 1.59. The maximum atomic E-state index is 12.8. The van der Waals surface area contributed by atoms with Crippen molar-refractivity contribution < 1.29 is 29.0 Å². The van der Waals surface area contributed by atoms with Gasteiger partial charge in [-0.2, -0.15) is 0 Å². The van der Waals surface area contributed by atoms with Gasteiger partial charge in [0, 0.05) is 23.4 Å². The van der Waals surface area contributed by atoms with Crippen molar-refractivity contribution in [3.05, 3.63) is 52.7 Å². The summed E-state index contributed by atoms with van der Waals surface area (Å²) >= 11 is 1.36. The number of likely N-dealkylation sites (tertiary alicyclic amines) is 1. The summed E-state index contributed by atoms with van der Waals surface area (Å²) in [5, 5.41) is 9.21. The number of rotatable bonds is 4. The van der Waals surface area contributed by atoms with E-state index in [1.165, 1.54) is 29.8 Å².